The molecule has 0 saturated heterocycles. The highest BCUT2D eigenvalue weighted by Gasteiger charge is 2.22. The van der Waals surface area contributed by atoms with Crippen molar-refractivity contribution in [2.75, 3.05) is 6.26 Å². The number of hydrogen-bond donors (Lipinski definition) is 0. The van der Waals surface area contributed by atoms with Gasteiger partial charge in [-0.1, -0.05) is 41.9 Å². The SMILES string of the molecule is CC(=O)Oc1ccccc1OC(=O)c1cn(-c2cccc(Cl)c2)nc1-c1ccc(S(C)(=O)=O)cc1. The molecule has 0 N–H and O–H groups in total. The second kappa shape index (κ2) is 9.73. The predicted octanol–water partition coefficient (Wildman–Crippen LogP) is 4.74. The van der Waals surface area contributed by atoms with Crippen LogP contribution in [0, 0.1) is 0 Å². The van der Waals surface area contributed by atoms with Crippen LogP contribution < -0.4 is 9.47 Å². The summed E-state index contributed by atoms with van der Waals surface area (Å²) in [6, 6.07) is 19.2. The van der Waals surface area contributed by atoms with Gasteiger partial charge in [0, 0.05) is 30.0 Å². The molecule has 4 aromatic rings. The average Bonchev–Trinajstić information content (AvgIpc) is 3.25. The third-order valence-electron chi connectivity index (χ3n) is 4.87. The molecule has 0 atom stereocenters. The van der Waals surface area contributed by atoms with Gasteiger partial charge in [0.2, 0.25) is 0 Å². The Bertz CT molecular complexity index is 1530. The standard InChI is InChI=1S/C25H19ClN2O6S/c1-16(29)33-22-8-3-4-9-23(22)34-25(30)21-15-28(19-7-5-6-18(26)14-19)27-24(21)17-10-12-20(13-11-17)35(2,31)32/h3-15H,1-2H3. The molecular weight excluding hydrogens is 492 g/mol. The first-order chi connectivity index (χ1) is 16.6. The molecule has 0 aliphatic carbocycles. The molecule has 1 aromatic heterocycles. The van der Waals surface area contributed by atoms with Crippen molar-refractivity contribution in [3.05, 3.63) is 89.6 Å². The second-order valence-electron chi connectivity index (χ2n) is 7.54. The summed E-state index contributed by atoms with van der Waals surface area (Å²) in [5.41, 5.74) is 1.47. The van der Waals surface area contributed by atoms with Crippen LogP contribution in [0.4, 0.5) is 0 Å². The minimum atomic E-state index is -3.40. The normalized spacial score (nSPS) is 11.2. The number of rotatable bonds is 6. The Morgan fingerprint density at radius 1 is 0.914 bits per heavy atom. The van der Waals surface area contributed by atoms with Crippen LogP contribution >= 0.6 is 11.6 Å². The Balaban J connectivity index is 1.78. The van der Waals surface area contributed by atoms with E-state index in [-0.39, 0.29) is 27.7 Å². The lowest BCUT2D eigenvalue weighted by atomic mass is 10.1. The molecule has 0 amide bonds. The van der Waals surface area contributed by atoms with E-state index in [9.17, 15) is 18.0 Å². The molecule has 8 nitrogen and oxygen atoms in total. The van der Waals surface area contributed by atoms with Gasteiger partial charge in [-0.25, -0.2) is 17.9 Å². The highest BCUT2D eigenvalue weighted by Crippen LogP contribution is 2.30. The Morgan fingerprint density at radius 2 is 1.57 bits per heavy atom. The summed E-state index contributed by atoms with van der Waals surface area (Å²) in [5, 5.41) is 5.02. The van der Waals surface area contributed by atoms with E-state index in [4.69, 9.17) is 21.1 Å². The van der Waals surface area contributed by atoms with Crippen LogP contribution in [0.3, 0.4) is 0 Å². The van der Waals surface area contributed by atoms with Gasteiger partial charge in [-0.2, -0.15) is 5.10 Å². The van der Waals surface area contributed by atoms with Crippen molar-refractivity contribution in [1.29, 1.82) is 0 Å². The third kappa shape index (κ3) is 5.59. The molecule has 35 heavy (non-hydrogen) atoms. The largest absolute Gasteiger partial charge is 0.423 e. The van der Waals surface area contributed by atoms with Gasteiger partial charge in [0.15, 0.2) is 21.3 Å². The molecule has 4 rings (SSSR count). The van der Waals surface area contributed by atoms with E-state index >= 15 is 0 Å². The maximum atomic E-state index is 13.2. The highest BCUT2D eigenvalue weighted by molar-refractivity contribution is 7.90. The third-order valence-corrected chi connectivity index (χ3v) is 6.23. The fourth-order valence-corrected chi connectivity index (χ4v) is 4.09. The first-order valence-electron chi connectivity index (χ1n) is 10.3. The molecule has 3 aromatic carbocycles. The molecule has 1 heterocycles. The average molecular weight is 511 g/mol. The molecule has 0 fully saturated rings. The first-order valence-corrected chi connectivity index (χ1v) is 12.5. The van der Waals surface area contributed by atoms with Gasteiger partial charge in [-0.15, -0.1) is 0 Å². The minimum Gasteiger partial charge on any atom is -0.423 e. The molecule has 10 heteroatoms. The molecule has 0 radical (unpaired) electrons. The fraction of sp³-hybridized carbons (Fsp3) is 0.0800. The Hall–Kier alpha value is -3.95. The van der Waals surface area contributed by atoms with Gasteiger partial charge in [0.05, 0.1) is 10.6 Å². The van der Waals surface area contributed by atoms with Crippen LogP contribution in [0.15, 0.2) is 83.9 Å². The maximum Gasteiger partial charge on any atom is 0.347 e. The molecule has 178 valence electrons. The van der Waals surface area contributed by atoms with Crippen LogP contribution in [-0.4, -0.2) is 36.4 Å². The zero-order chi connectivity index (χ0) is 25.2. The molecule has 0 aliphatic rings. The van der Waals surface area contributed by atoms with Gasteiger partial charge in [0.25, 0.3) is 0 Å². The predicted molar refractivity (Wildman–Crippen MR) is 130 cm³/mol. The summed E-state index contributed by atoms with van der Waals surface area (Å²) < 4.78 is 35.8. The summed E-state index contributed by atoms with van der Waals surface area (Å²) in [7, 11) is -3.40. The summed E-state index contributed by atoms with van der Waals surface area (Å²) in [6.07, 6.45) is 2.60. The number of ether oxygens (including phenoxy) is 2. The zero-order valence-electron chi connectivity index (χ0n) is 18.6. The topological polar surface area (TPSA) is 105 Å². The van der Waals surface area contributed by atoms with Crippen LogP contribution in [0.25, 0.3) is 16.9 Å². The van der Waals surface area contributed by atoms with Crippen molar-refractivity contribution < 1.29 is 27.5 Å². The molecule has 0 aliphatic heterocycles. The quantitative estimate of drug-likeness (QED) is 0.272. The molecule has 0 spiro atoms. The summed E-state index contributed by atoms with van der Waals surface area (Å²) in [6.45, 7) is 1.24. The number of hydrogen-bond acceptors (Lipinski definition) is 7. The number of esters is 2. The summed E-state index contributed by atoms with van der Waals surface area (Å²) in [5.74, 6) is -1.16. The number of aromatic nitrogens is 2. The Kier molecular flexibility index (Phi) is 6.72. The number of carbonyl (C=O) groups is 2. The number of para-hydroxylation sites is 2. The monoisotopic (exact) mass is 510 g/mol. The van der Waals surface area contributed by atoms with Gasteiger partial charge in [-0.05, 0) is 42.5 Å². The number of halogens is 1. The number of sulfone groups is 1. The number of nitrogens with zero attached hydrogens (tertiary/aromatic N) is 2. The summed E-state index contributed by atoms with van der Waals surface area (Å²) in [4.78, 5) is 24.8. The Morgan fingerprint density at radius 3 is 2.17 bits per heavy atom. The van der Waals surface area contributed by atoms with Crippen molar-refractivity contribution >= 4 is 33.4 Å². The van der Waals surface area contributed by atoms with Gasteiger partial charge in [0.1, 0.15) is 11.3 Å². The molecule has 0 bridgehead atoms. The lowest BCUT2D eigenvalue weighted by Gasteiger charge is -2.09. The van der Waals surface area contributed by atoms with Crippen molar-refractivity contribution in [3.8, 4) is 28.4 Å². The van der Waals surface area contributed by atoms with Crippen molar-refractivity contribution in [3.63, 3.8) is 0 Å². The van der Waals surface area contributed by atoms with Gasteiger partial charge >= 0.3 is 11.9 Å². The number of carbonyl (C=O) groups excluding carboxylic acids is 2. The summed E-state index contributed by atoms with van der Waals surface area (Å²) >= 11 is 6.12. The van der Waals surface area contributed by atoms with Gasteiger partial charge in [-0.3, -0.25) is 4.79 Å². The van der Waals surface area contributed by atoms with E-state index in [1.165, 1.54) is 42.1 Å². The smallest absolute Gasteiger partial charge is 0.347 e. The fourth-order valence-electron chi connectivity index (χ4n) is 3.28. The van der Waals surface area contributed by atoms with E-state index in [2.05, 4.69) is 5.10 Å². The first kappa shape index (κ1) is 24.2. The van der Waals surface area contributed by atoms with Crippen molar-refractivity contribution in [2.24, 2.45) is 0 Å². The molecule has 0 saturated carbocycles. The Labute approximate surface area is 206 Å². The molecule has 0 unspecified atom stereocenters. The van der Waals surface area contributed by atoms with E-state index < -0.39 is 21.8 Å². The van der Waals surface area contributed by atoms with E-state index in [1.807, 2.05) is 0 Å². The lowest BCUT2D eigenvalue weighted by molar-refractivity contribution is -0.132. The van der Waals surface area contributed by atoms with Crippen LogP contribution in [0.2, 0.25) is 5.02 Å². The zero-order valence-corrected chi connectivity index (χ0v) is 20.2. The second-order valence-corrected chi connectivity index (χ2v) is 9.99. The van der Waals surface area contributed by atoms with Crippen molar-refractivity contribution in [1.82, 2.24) is 9.78 Å². The van der Waals surface area contributed by atoms with Gasteiger partial charge < -0.3 is 9.47 Å². The number of benzene rings is 3. The van der Waals surface area contributed by atoms with E-state index in [0.29, 0.717) is 16.3 Å². The van der Waals surface area contributed by atoms with Crippen LogP contribution in [-0.2, 0) is 14.6 Å². The highest BCUT2D eigenvalue weighted by atomic mass is 35.5. The maximum absolute atomic E-state index is 13.2. The van der Waals surface area contributed by atoms with Crippen LogP contribution in [0.5, 0.6) is 11.5 Å². The van der Waals surface area contributed by atoms with E-state index in [1.54, 1.807) is 48.5 Å². The van der Waals surface area contributed by atoms with E-state index in [0.717, 1.165) is 6.26 Å². The van der Waals surface area contributed by atoms with Crippen LogP contribution in [0.1, 0.15) is 17.3 Å². The van der Waals surface area contributed by atoms with Crippen molar-refractivity contribution in [2.45, 2.75) is 11.8 Å². The lowest BCUT2D eigenvalue weighted by Crippen LogP contribution is -2.11. The minimum absolute atomic E-state index is 0.0570. The molecular formula is C25H19ClN2O6S.